The van der Waals surface area contributed by atoms with Crippen LogP contribution in [0.5, 0.6) is 0 Å². The molecule has 0 radical (unpaired) electrons. The Morgan fingerprint density at radius 2 is 1.54 bits per heavy atom. The van der Waals surface area contributed by atoms with Crippen LogP contribution in [-0.4, -0.2) is 11.8 Å². The number of benzene rings is 1. The summed E-state index contributed by atoms with van der Waals surface area (Å²) < 4.78 is 39.2. The van der Waals surface area contributed by atoms with Crippen molar-refractivity contribution in [3.63, 3.8) is 0 Å². The zero-order valence-electron chi connectivity index (χ0n) is 12.4. The Balaban J connectivity index is 1.76. The first kappa shape index (κ1) is 15.7. The smallest absolute Gasteiger partial charge is 0.274 e. The zero-order valence-corrected chi connectivity index (χ0v) is 13.1. The number of hydrogen-bond acceptors (Lipinski definition) is 2. The lowest BCUT2D eigenvalue weighted by Crippen LogP contribution is -2.38. The highest BCUT2D eigenvalue weighted by Gasteiger charge is 2.57. The van der Waals surface area contributed by atoms with Crippen molar-refractivity contribution in [1.29, 1.82) is 0 Å². The van der Waals surface area contributed by atoms with E-state index in [-0.39, 0.29) is 17.5 Å². The molecular formula is C17H13ClF3NO2. The number of hydrogen-bond donors (Lipinski definition) is 0. The van der Waals surface area contributed by atoms with Crippen LogP contribution in [0, 0.1) is 23.7 Å². The molecule has 1 heterocycles. The number of nitrogens with zero attached hydrogens (tertiary/aromatic N) is 1. The molecule has 126 valence electrons. The Morgan fingerprint density at radius 1 is 1.00 bits per heavy atom. The maximum atomic E-state index is 13.1. The van der Waals surface area contributed by atoms with E-state index < -0.39 is 40.4 Å². The van der Waals surface area contributed by atoms with Gasteiger partial charge < -0.3 is 0 Å². The van der Waals surface area contributed by atoms with Crippen LogP contribution in [-0.2, 0) is 15.8 Å². The van der Waals surface area contributed by atoms with E-state index in [2.05, 4.69) is 0 Å². The fourth-order valence-electron chi connectivity index (χ4n) is 4.20. The molecule has 4 atom stereocenters. The number of alkyl halides is 3. The van der Waals surface area contributed by atoms with Gasteiger partial charge in [0.1, 0.15) is 0 Å². The second-order valence-corrected chi connectivity index (χ2v) is 6.92. The Bertz CT molecular complexity index is 742. The molecule has 0 N–H and O–H groups in total. The lowest BCUT2D eigenvalue weighted by atomic mass is 9.63. The molecule has 0 spiro atoms. The monoisotopic (exact) mass is 355 g/mol. The van der Waals surface area contributed by atoms with Crippen LogP contribution in [0.25, 0.3) is 0 Å². The molecule has 5 rings (SSSR count). The van der Waals surface area contributed by atoms with Gasteiger partial charge in [0.15, 0.2) is 0 Å². The number of allylic oxidation sites excluding steroid dienone is 2. The number of imide groups is 1. The predicted octanol–water partition coefficient (Wildman–Crippen LogP) is 4.06. The van der Waals surface area contributed by atoms with Gasteiger partial charge in [-0.1, -0.05) is 23.8 Å². The summed E-state index contributed by atoms with van der Waals surface area (Å²) in [5.74, 6) is -1.72. The quantitative estimate of drug-likeness (QED) is 0.562. The van der Waals surface area contributed by atoms with Gasteiger partial charge in [-0.25, -0.2) is 0 Å². The van der Waals surface area contributed by atoms with Gasteiger partial charge in [-0.2, -0.15) is 13.2 Å². The van der Waals surface area contributed by atoms with E-state index >= 15 is 0 Å². The molecule has 1 aromatic carbocycles. The molecule has 3 nitrogen and oxygen atoms in total. The van der Waals surface area contributed by atoms with E-state index in [9.17, 15) is 22.8 Å². The number of carbonyl (C=O) groups excluding carboxylic acids is 2. The van der Waals surface area contributed by atoms with Crippen LogP contribution in [0.3, 0.4) is 0 Å². The summed E-state index contributed by atoms with van der Waals surface area (Å²) in [5.41, 5.74) is -1.10. The topological polar surface area (TPSA) is 37.4 Å². The van der Waals surface area contributed by atoms with E-state index in [4.69, 9.17) is 11.6 Å². The number of anilines is 1. The van der Waals surface area contributed by atoms with Crippen molar-refractivity contribution < 1.29 is 22.8 Å². The van der Waals surface area contributed by atoms with Crippen LogP contribution in [0.2, 0.25) is 5.02 Å². The summed E-state index contributed by atoms with van der Waals surface area (Å²) in [6, 6.07) is 3.15. The first-order valence-corrected chi connectivity index (χ1v) is 8.09. The van der Waals surface area contributed by atoms with E-state index in [0.717, 1.165) is 29.9 Å². The second-order valence-electron chi connectivity index (χ2n) is 6.52. The summed E-state index contributed by atoms with van der Waals surface area (Å²) in [6.07, 6.45) is 0.958. The van der Waals surface area contributed by atoms with E-state index in [1.54, 1.807) is 0 Å². The summed E-state index contributed by atoms with van der Waals surface area (Å²) in [5, 5.41) is -0.454. The molecule has 2 fully saturated rings. The second kappa shape index (κ2) is 5.09. The summed E-state index contributed by atoms with van der Waals surface area (Å²) >= 11 is 5.62. The summed E-state index contributed by atoms with van der Waals surface area (Å²) in [4.78, 5) is 26.4. The van der Waals surface area contributed by atoms with Gasteiger partial charge in [0.2, 0.25) is 11.8 Å². The van der Waals surface area contributed by atoms with Crippen molar-refractivity contribution in [1.82, 2.24) is 0 Å². The highest BCUT2D eigenvalue weighted by Crippen LogP contribution is 2.50. The lowest BCUT2D eigenvalue weighted by Gasteiger charge is -2.38. The normalized spacial score (nSPS) is 31.8. The van der Waals surface area contributed by atoms with Gasteiger partial charge >= 0.3 is 6.18 Å². The van der Waals surface area contributed by atoms with Crippen LogP contribution >= 0.6 is 11.6 Å². The third kappa shape index (κ3) is 2.12. The molecule has 1 aromatic rings. The van der Waals surface area contributed by atoms with Crippen molar-refractivity contribution in [3.05, 3.63) is 40.9 Å². The fraction of sp³-hybridized carbons (Fsp3) is 0.412. The highest BCUT2D eigenvalue weighted by molar-refractivity contribution is 6.31. The molecule has 1 saturated heterocycles. The van der Waals surface area contributed by atoms with E-state index in [0.29, 0.717) is 0 Å². The average Bonchev–Trinajstić information content (AvgIpc) is 2.82. The molecule has 1 saturated carbocycles. The molecule has 24 heavy (non-hydrogen) atoms. The Morgan fingerprint density at radius 3 is 2.00 bits per heavy atom. The average molecular weight is 356 g/mol. The number of fused-ring (bicyclic) bond motifs is 1. The van der Waals surface area contributed by atoms with Crippen molar-refractivity contribution in [2.24, 2.45) is 23.7 Å². The SMILES string of the molecule is O=C1[C@@H]2[C@H](C(=O)N1c1ccc(Cl)c(C(F)(F)F)c1)[C@@H]1C=C[C@@H]2CC1. The molecule has 4 aliphatic rings. The van der Waals surface area contributed by atoms with Gasteiger partial charge in [0.05, 0.1) is 28.1 Å². The van der Waals surface area contributed by atoms with Gasteiger partial charge in [-0.3, -0.25) is 14.5 Å². The molecule has 0 unspecified atom stereocenters. The molecular weight excluding hydrogens is 343 g/mol. The number of halogens is 4. The molecule has 2 amide bonds. The first-order valence-electron chi connectivity index (χ1n) is 7.72. The van der Waals surface area contributed by atoms with E-state index in [1.165, 1.54) is 6.07 Å². The fourth-order valence-corrected chi connectivity index (χ4v) is 4.42. The maximum absolute atomic E-state index is 13.1. The Kier molecular flexibility index (Phi) is 3.33. The van der Waals surface area contributed by atoms with Crippen LogP contribution in [0.4, 0.5) is 18.9 Å². The summed E-state index contributed by atoms with van der Waals surface area (Å²) in [6.45, 7) is 0. The van der Waals surface area contributed by atoms with Crippen molar-refractivity contribution in [2.45, 2.75) is 19.0 Å². The zero-order chi connectivity index (χ0) is 17.2. The minimum Gasteiger partial charge on any atom is -0.274 e. The largest absolute Gasteiger partial charge is 0.417 e. The van der Waals surface area contributed by atoms with Crippen molar-refractivity contribution in [2.75, 3.05) is 4.90 Å². The number of rotatable bonds is 1. The van der Waals surface area contributed by atoms with Crippen LogP contribution in [0.1, 0.15) is 18.4 Å². The summed E-state index contributed by atoms with van der Waals surface area (Å²) in [7, 11) is 0. The maximum Gasteiger partial charge on any atom is 0.417 e. The van der Waals surface area contributed by atoms with Gasteiger partial charge in [-0.05, 0) is 42.9 Å². The minimum absolute atomic E-state index is 0.00385. The number of carbonyl (C=O) groups is 2. The van der Waals surface area contributed by atoms with Gasteiger partial charge in [0.25, 0.3) is 0 Å². The highest BCUT2D eigenvalue weighted by atomic mass is 35.5. The molecule has 0 aromatic heterocycles. The molecule has 2 bridgehead atoms. The van der Waals surface area contributed by atoms with Crippen LogP contribution in [0.15, 0.2) is 30.4 Å². The van der Waals surface area contributed by atoms with Crippen LogP contribution < -0.4 is 4.90 Å². The first-order chi connectivity index (χ1) is 11.3. The Labute approximate surface area is 141 Å². The van der Waals surface area contributed by atoms with Crippen molar-refractivity contribution >= 4 is 29.1 Å². The van der Waals surface area contributed by atoms with E-state index in [1.807, 2.05) is 12.2 Å². The minimum atomic E-state index is -4.65. The van der Waals surface area contributed by atoms with Crippen molar-refractivity contribution in [3.8, 4) is 0 Å². The van der Waals surface area contributed by atoms with Gasteiger partial charge in [-0.15, -0.1) is 0 Å². The standard InChI is InChI=1S/C17H13ClF3NO2/c18-12-6-5-10(7-11(12)17(19,20)21)22-15(23)13-8-1-2-9(4-3-8)14(13)16(22)24/h1-2,5-9,13-14H,3-4H2/t8-,9-,13-,14+/m1/s1. The lowest BCUT2D eigenvalue weighted by molar-refractivity contribution is -0.137. The van der Waals surface area contributed by atoms with Gasteiger partial charge in [0, 0.05) is 0 Å². The Hall–Kier alpha value is -1.82. The third-order valence-electron chi connectivity index (χ3n) is 5.27. The predicted molar refractivity (Wildman–Crippen MR) is 81.3 cm³/mol. The molecule has 3 aliphatic carbocycles. The molecule has 7 heteroatoms. The third-order valence-corrected chi connectivity index (χ3v) is 5.60. The molecule has 1 aliphatic heterocycles. The number of amides is 2.